The SMILES string of the molecule is CCCCCCNC(=O)[C@H](CCCCNC(=N)N[N+](=O)[O-])NC(=O)OC(C)(C)C. The molecule has 29 heavy (non-hydrogen) atoms. The van der Waals surface area contributed by atoms with Crippen molar-refractivity contribution in [3.8, 4) is 0 Å². The molecule has 0 aromatic carbocycles. The van der Waals surface area contributed by atoms with Gasteiger partial charge in [0.25, 0.3) is 5.96 Å². The van der Waals surface area contributed by atoms with Crippen LogP contribution in [-0.4, -0.2) is 47.7 Å². The molecule has 5 N–H and O–H groups in total. The smallest absolute Gasteiger partial charge is 0.408 e. The zero-order valence-corrected chi connectivity index (χ0v) is 17.9. The van der Waals surface area contributed by atoms with E-state index in [1.807, 2.05) is 0 Å². The van der Waals surface area contributed by atoms with E-state index in [0.29, 0.717) is 32.4 Å². The van der Waals surface area contributed by atoms with Crippen LogP contribution in [0.3, 0.4) is 0 Å². The Morgan fingerprint density at radius 2 is 1.69 bits per heavy atom. The topological polar surface area (TPSA) is 158 Å². The Morgan fingerprint density at radius 3 is 2.28 bits per heavy atom. The van der Waals surface area contributed by atoms with Crippen LogP contribution in [-0.2, 0) is 9.53 Å². The van der Waals surface area contributed by atoms with Gasteiger partial charge in [-0.25, -0.2) is 14.9 Å². The van der Waals surface area contributed by atoms with Crippen molar-refractivity contribution in [3.05, 3.63) is 10.1 Å². The summed E-state index contributed by atoms with van der Waals surface area (Å²) in [5.41, 5.74) is 1.04. The number of carbonyl (C=O) groups excluding carboxylic acids is 2. The molecular weight excluding hydrogens is 380 g/mol. The number of unbranched alkanes of at least 4 members (excludes halogenated alkanes) is 4. The fourth-order valence-corrected chi connectivity index (χ4v) is 2.42. The Labute approximate surface area is 172 Å². The highest BCUT2D eigenvalue weighted by atomic mass is 16.7. The minimum absolute atomic E-state index is 0.261. The number of hydrazine groups is 1. The standard InChI is InChI=1S/C18H36N6O5/c1-5-6-7-9-12-20-15(25)14(22-17(26)29-18(2,3)4)11-8-10-13-21-16(19)23-24(27)28/h14H,5-13H2,1-4H3,(H,20,25)(H,22,26)(H3,19,21,23)/t14-/m0/s1. The fraction of sp³-hybridized carbons (Fsp3) is 0.833. The predicted octanol–water partition coefficient (Wildman–Crippen LogP) is 2.05. The van der Waals surface area contributed by atoms with Crippen LogP contribution >= 0.6 is 0 Å². The summed E-state index contributed by atoms with van der Waals surface area (Å²) in [6.07, 6.45) is 5.02. The number of amides is 2. The van der Waals surface area contributed by atoms with Crippen LogP contribution < -0.4 is 21.4 Å². The molecule has 0 aromatic heterocycles. The van der Waals surface area contributed by atoms with Crippen LogP contribution in [0.5, 0.6) is 0 Å². The Balaban J connectivity index is 4.46. The zero-order chi connectivity index (χ0) is 22.3. The summed E-state index contributed by atoms with van der Waals surface area (Å²) < 4.78 is 5.23. The summed E-state index contributed by atoms with van der Waals surface area (Å²) in [5.74, 6) is -0.661. The van der Waals surface area contributed by atoms with Crippen molar-refractivity contribution >= 4 is 18.0 Å². The van der Waals surface area contributed by atoms with Gasteiger partial charge in [0.15, 0.2) is 5.03 Å². The quantitative estimate of drug-likeness (QED) is 0.101. The Morgan fingerprint density at radius 1 is 1.07 bits per heavy atom. The van der Waals surface area contributed by atoms with E-state index < -0.39 is 28.7 Å². The van der Waals surface area contributed by atoms with Gasteiger partial charge in [-0.2, -0.15) is 0 Å². The molecule has 0 saturated carbocycles. The minimum Gasteiger partial charge on any atom is -0.444 e. The van der Waals surface area contributed by atoms with Crippen LogP contribution in [0.1, 0.15) is 72.6 Å². The number of guanidine groups is 1. The lowest BCUT2D eigenvalue weighted by molar-refractivity contribution is -0.525. The first-order valence-corrected chi connectivity index (χ1v) is 10.1. The second-order valence-corrected chi connectivity index (χ2v) is 7.72. The third kappa shape index (κ3) is 16.1. The van der Waals surface area contributed by atoms with Gasteiger partial charge < -0.3 is 20.7 Å². The largest absolute Gasteiger partial charge is 0.444 e. The van der Waals surface area contributed by atoms with E-state index in [0.717, 1.165) is 25.7 Å². The van der Waals surface area contributed by atoms with E-state index in [1.165, 1.54) is 0 Å². The number of hydrogen-bond donors (Lipinski definition) is 5. The number of carbonyl (C=O) groups is 2. The van der Waals surface area contributed by atoms with Gasteiger partial charge in [-0.3, -0.25) is 10.2 Å². The second kappa shape index (κ2) is 14.4. The maximum absolute atomic E-state index is 12.5. The van der Waals surface area contributed by atoms with E-state index in [9.17, 15) is 19.7 Å². The highest BCUT2D eigenvalue weighted by molar-refractivity contribution is 5.85. The first kappa shape index (κ1) is 26.4. The summed E-state index contributed by atoms with van der Waals surface area (Å²) in [5, 5.41) is 24.7. The summed E-state index contributed by atoms with van der Waals surface area (Å²) in [4.78, 5) is 34.7. The van der Waals surface area contributed by atoms with Crippen LogP contribution in [0.15, 0.2) is 0 Å². The molecule has 0 spiro atoms. The molecule has 0 bridgehead atoms. The first-order chi connectivity index (χ1) is 13.5. The van der Waals surface area contributed by atoms with Gasteiger partial charge in [0.1, 0.15) is 11.6 Å². The van der Waals surface area contributed by atoms with E-state index in [1.54, 1.807) is 26.2 Å². The number of hydrogen-bond acceptors (Lipinski definition) is 6. The lowest BCUT2D eigenvalue weighted by atomic mass is 10.1. The minimum atomic E-state index is -0.818. The van der Waals surface area contributed by atoms with Gasteiger partial charge in [-0.15, -0.1) is 0 Å². The van der Waals surface area contributed by atoms with Gasteiger partial charge in [0.2, 0.25) is 5.91 Å². The average Bonchev–Trinajstić information content (AvgIpc) is 2.57. The normalized spacial score (nSPS) is 11.9. The zero-order valence-electron chi connectivity index (χ0n) is 17.9. The number of rotatable bonds is 13. The highest BCUT2D eigenvalue weighted by Crippen LogP contribution is 2.08. The molecule has 0 aliphatic heterocycles. The van der Waals surface area contributed by atoms with E-state index >= 15 is 0 Å². The molecule has 168 valence electrons. The van der Waals surface area contributed by atoms with Crippen LogP contribution in [0, 0.1) is 15.5 Å². The molecule has 1 atom stereocenters. The number of nitrogens with zero attached hydrogens (tertiary/aromatic N) is 1. The molecular formula is C18H36N6O5. The summed E-state index contributed by atoms with van der Waals surface area (Å²) >= 11 is 0. The van der Waals surface area contributed by atoms with Gasteiger partial charge in [0, 0.05) is 13.1 Å². The van der Waals surface area contributed by atoms with Crippen molar-refractivity contribution in [2.75, 3.05) is 13.1 Å². The van der Waals surface area contributed by atoms with Crippen LogP contribution in [0.2, 0.25) is 0 Å². The number of ether oxygens (including phenoxy) is 1. The summed E-state index contributed by atoms with van der Waals surface area (Å²) in [6.45, 7) is 8.23. The van der Waals surface area contributed by atoms with Crippen molar-refractivity contribution < 1.29 is 19.4 Å². The van der Waals surface area contributed by atoms with E-state index in [2.05, 4.69) is 22.9 Å². The second-order valence-electron chi connectivity index (χ2n) is 7.72. The van der Waals surface area contributed by atoms with Crippen LogP contribution in [0.25, 0.3) is 0 Å². The molecule has 0 saturated heterocycles. The highest BCUT2D eigenvalue weighted by Gasteiger charge is 2.23. The maximum atomic E-state index is 12.5. The molecule has 0 aromatic rings. The number of nitro groups is 1. The predicted molar refractivity (Wildman–Crippen MR) is 110 cm³/mol. The van der Waals surface area contributed by atoms with Crippen LogP contribution in [0.4, 0.5) is 4.79 Å². The summed E-state index contributed by atoms with van der Waals surface area (Å²) in [6, 6.07) is -0.729. The van der Waals surface area contributed by atoms with Crippen molar-refractivity contribution in [1.29, 1.82) is 5.41 Å². The Kier molecular flexibility index (Phi) is 13.1. The molecule has 0 rings (SSSR count). The molecule has 0 fully saturated rings. The lowest BCUT2D eigenvalue weighted by Crippen LogP contribution is -2.48. The molecule has 0 heterocycles. The van der Waals surface area contributed by atoms with Crippen molar-refractivity contribution in [3.63, 3.8) is 0 Å². The van der Waals surface area contributed by atoms with Crippen molar-refractivity contribution in [1.82, 2.24) is 21.4 Å². The monoisotopic (exact) mass is 416 g/mol. The average molecular weight is 417 g/mol. The first-order valence-electron chi connectivity index (χ1n) is 10.1. The molecule has 0 aliphatic rings. The van der Waals surface area contributed by atoms with E-state index in [4.69, 9.17) is 10.1 Å². The lowest BCUT2D eigenvalue weighted by Gasteiger charge is -2.23. The van der Waals surface area contributed by atoms with Gasteiger partial charge >= 0.3 is 6.09 Å². The number of alkyl carbamates (subject to hydrolysis) is 1. The van der Waals surface area contributed by atoms with Crippen molar-refractivity contribution in [2.45, 2.75) is 84.3 Å². The fourth-order valence-electron chi connectivity index (χ4n) is 2.42. The molecule has 0 radical (unpaired) electrons. The van der Waals surface area contributed by atoms with E-state index in [-0.39, 0.29) is 5.91 Å². The van der Waals surface area contributed by atoms with Crippen molar-refractivity contribution in [2.24, 2.45) is 0 Å². The molecule has 0 aliphatic carbocycles. The Hall–Kier alpha value is -2.59. The molecule has 11 heteroatoms. The molecule has 11 nitrogen and oxygen atoms in total. The molecule has 0 unspecified atom stereocenters. The third-order valence-corrected chi connectivity index (χ3v) is 3.76. The maximum Gasteiger partial charge on any atom is 0.408 e. The summed E-state index contributed by atoms with van der Waals surface area (Å²) in [7, 11) is 0. The van der Waals surface area contributed by atoms with Gasteiger partial charge in [-0.1, -0.05) is 31.6 Å². The third-order valence-electron chi connectivity index (χ3n) is 3.76. The van der Waals surface area contributed by atoms with Gasteiger partial charge in [0.05, 0.1) is 0 Å². The number of nitrogens with one attached hydrogen (secondary N) is 5. The molecule has 2 amide bonds. The van der Waals surface area contributed by atoms with Gasteiger partial charge in [-0.05, 0) is 46.5 Å². The Bertz CT molecular complexity index is 535.